The van der Waals surface area contributed by atoms with Crippen molar-refractivity contribution in [3.05, 3.63) is 59.7 Å². The third kappa shape index (κ3) is 2.73. The van der Waals surface area contributed by atoms with Gasteiger partial charge in [-0.05, 0) is 16.7 Å². The van der Waals surface area contributed by atoms with E-state index in [2.05, 4.69) is 40.2 Å². The molecule has 0 amide bonds. The summed E-state index contributed by atoms with van der Waals surface area (Å²) in [6.45, 7) is 0. The maximum Gasteiger partial charge on any atom is 0.104 e. The Bertz CT molecular complexity index is 534. The number of hydrogen-bond donors (Lipinski definition) is 1. The second kappa shape index (κ2) is 5.43. The van der Waals surface area contributed by atoms with Crippen molar-refractivity contribution in [1.29, 1.82) is 0 Å². The normalized spacial score (nSPS) is 10.2. The van der Waals surface area contributed by atoms with E-state index in [0.717, 1.165) is 22.0 Å². The summed E-state index contributed by atoms with van der Waals surface area (Å²) >= 11 is 8.50. The molecule has 0 saturated heterocycles. The molecular formula is C14H12BrNS. The van der Waals surface area contributed by atoms with Gasteiger partial charge in [-0.15, -0.1) is 0 Å². The average Bonchev–Trinajstić information content (AvgIpc) is 2.39. The van der Waals surface area contributed by atoms with Crippen LogP contribution < -0.4 is 5.73 Å². The summed E-state index contributed by atoms with van der Waals surface area (Å²) < 4.78 is 0. The predicted octanol–water partition coefficient (Wildman–Crippen LogP) is 3.88. The molecule has 2 N–H and O–H groups in total. The summed E-state index contributed by atoms with van der Waals surface area (Å²) in [6.07, 6.45) is 0. The fourth-order valence-corrected chi connectivity index (χ4v) is 2.27. The zero-order chi connectivity index (χ0) is 12.3. The zero-order valence-corrected chi connectivity index (χ0v) is 11.6. The van der Waals surface area contributed by atoms with Crippen molar-refractivity contribution in [3.63, 3.8) is 0 Å². The van der Waals surface area contributed by atoms with Crippen molar-refractivity contribution in [2.24, 2.45) is 5.73 Å². The molecule has 0 bridgehead atoms. The van der Waals surface area contributed by atoms with Crippen molar-refractivity contribution in [2.45, 2.75) is 5.33 Å². The molecule has 0 aromatic heterocycles. The Morgan fingerprint density at radius 2 is 1.71 bits per heavy atom. The van der Waals surface area contributed by atoms with E-state index in [0.29, 0.717) is 4.99 Å². The first kappa shape index (κ1) is 12.3. The van der Waals surface area contributed by atoms with E-state index in [1.54, 1.807) is 0 Å². The summed E-state index contributed by atoms with van der Waals surface area (Å²) in [5.74, 6) is 0. The van der Waals surface area contributed by atoms with Gasteiger partial charge in [0.2, 0.25) is 0 Å². The first-order valence-electron chi connectivity index (χ1n) is 5.26. The van der Waals surface area contributed by atoms with Gasteiger partial charge in [0, 0.05) is 10.9 Å². The molecule has 0 aliphatic rings. The number of thiocarbonyl (C=S) groups is 1. The van der Waals surface area contributed by atoms with Crippen LogP contribution in [0, 0.1) is 0 Å². The van der Waals surface area contributed by atoms with Crippen LogP contribution in [0.15, 0.2) is 48.5 Å². The molecule has 0 unspecified atom stereocenters. The highest BCUT2D eigenvalue weighted by molar-refractivity contribution is 9.08. The minimum absolute atomic E-state index is 0.435. The summed E-state index contributed by atoms with van der Waals surface area (Å²) in [4.78, 5) is 0.435. The van der Waals surface area contributed by atoms with E-state index in [1.165, 1.54) is 5.56 Å². The van der Waals surface area contributed by atoms with E-state index < -0.39 is 0 Å². The van der Waals surface area contributed by atoms with Crippen LogP contribution in [-0.2, 0) is 5.33 Å². The molecule has 0 atom stereocenters. The van der Waals surface area contributed by atoms with Gasteiger partial charge >= 0.3 is 0 Å². The predicted molar refractivity (Wildman–Crippen MR) is 80.4 cm³/mol. The van der Waals surface area contributed by atoms with Gasteiger partial charge in [0.25, 0.3) is 0 Å². The first-order chi connectivity index (χ1) is 8.22. The van der Waals surface area contributed by atoms with Crippen LogP contribution in [0.2, 0.25) is 0 Å². The molecule has 0 radical (unpaired) electrons. The second-order valence-corrected chi connectivity index (χ2v) is 4.74. The Morgan fingerprint density at radius 3 is 2.29 bits per heavy atom. The van der Waals surface area contributed by atoms with Crippen molar-refractivity contribution in [2.75, 3.05) is 0 Å². The minimum atomic E-state index is 0.435. The monoisotopic (exact) mass is 305 g/mol. The van der Waals surface area contributed by atoms with Gasteiger partial charge in [-0.3, -0.25) is 0 Å². The van der Waals surface area contributed by atoms with Crippen LogP contribution in [0.1, 0.15) is 11.1 Å². The highest BCUT2D eigenvalue weighted by Gasteiger charge is 2.06. The molecule has 86 valence electrons. The zero-order valence-electron chi connectivity index (χ0n) is 9.19. The lowest BCUT2D eigenvalue weighted by atomic mass is 9.99. The molecule has 2 aromatic carbocycles. The molecule has 0 heterocycles. The standard InChI is InChI=1S/C14H12BrNS/c15-9-10-5-7-11(8-6-10)12-3-1-2-4-13(12)14(16)17/h1-8H,9H2,(H2,16,17). The van der Waals surface area contributed by atoms with Crippen molar-refractivity contribution < 1.29 is 0 Å². The lowest BCUT2D eigenvalue weighted by Gasteiger charge is -2.08. The fraction of sp³-hybridized carbons (Fsp3) is 0.0714. The number of nitrogens with two attached hydrogens (primary N) is 1. The van der Waals surface area contributed by atoms with Gasteiger partial charge in [-0.1, -0.05) is 76.7 Å². The van der Waals surface area contributed by atoms with Crippen molar-refractivity contribution >= 4 is 33.1 Å². The summed E-state index contributed by atoms with van der Waals surface area (Å²) in [7, 11) is 0. The van der Waals surface area contributed by atoms with E-state index >= 15 is 0 Å². The Morgan fingerprint density at radius 1 is 1.06 bits per heavy atom. The molecule has 0 aliphatic carbocycles. The van der Waals surface area contributed by atoms with Gasteiger partial charge in [-0.25, -0.2) is 0 Å². The SMILES string of the molecule is NC(=S)c1ccccc1-c1ccc(CBr)cc1. The highest BCUT2D eigenvalue weighted by atomic mass is 79.9. The molecule has 3 heteroatoms. The number of benzene rings is 2. The lowest BCUT2D eigenvalue weighted by Crippen LogP contribution is -2.10. The maximum absolute atomic E-state index is 5.73. The number of rotatable bonds is 3. The minimum Gasteiger partial charge on any atom is -0.389 e. The van der Waals surface area contributed by atoms with Crippen LogP contribution in [0.3, 0.4) is 0 Å². The molecule has 0 fully saturated rings. The molecule has 1 nitrogen and oxygen atoms in total. The van der Waals surface area contributed by atoms with Crippen LogP contribution >= 0.6 is 28.1 Å². The summed E-state index contributed by atoms with van der Waals surface area (Å²) in [5, 5.41) is 0.865. The van der Waals surface area contributed by atoms with E-state index in [4.69, 9.17) is 18.0 Å². The van der Waals surface area contributed by atoms with Gasteiger partial charge in [0.05, 0.1) is 0 Å². The van der Waals surface area contributed by atoms with Crippen LogP contribution in [0.4, 0.5) is 0 Å². The smallest absolute Gasteiger partial charge is 0.104 e. The molecule has 0 spiro atoms. The van der Waals surface area contributed by atoms with E-state index in [-0.39, 0.29) is 0 Å². The van der Waals surface area contributed by atoms with Crippen LogP contribution in [0.25, 0.3) is 11.1 Å². The Hall–Kier alpha value is -1.19. The average molecular weight is 306 g/mol. The Balaban J connectivity index is 2.48. The molecule has 0 saturated carbocycles. The second-order valence-electron chi connectivity index (χ2n) is 3.74. The lowest BCUT2D eigenvalue weighted by molar-refractivity contribution is 1.43. The topological polar surface area (TPSA) is 26.0 Å². The third-order valence-corrected chi connectivity index (χ3v) is 3.48. The quantitative estimate of drug-likeness (QED) is 0.688. The molecule has 17 heavy (non-hydrogen) atoms. The largest absolute Gasteiger partial charge is 0.389 e. The Labute approximate surface area is 115 Å². The highest BCUT2D eigenvalue weighted by Crippen LogP contribution is 2.24. The summed E-state index contributed by atoms with van der Waals surface area (Å²) in [5.41, 5.74) is 10.1. The van der Waals surface area contributed by atoms with Gasteiger partial charge < -0.3 is 5.73 Å². The van der Waals surface area contributed by atoms with Gasteiger partial charge in [0.1, 0.15) is 4.99 Å². The van der Waals surface area contributed by atoms with Crippen molar-refractivity contribution in [1.82, 2.24) is 0 Å². The van der Waals surface area contributed by atoms with Gasteiger partial charge in [0.15, 0.2) is 0 Å². The molecule has 2 aromatic rings. The number of halogens is 1. The van der Waals surface area contributed by atoms with Crippen LogP contribution in [-0.4, -0.2) is 4.99 Å². The number of alkyl halides is 1. The van der Waals surface area contributed by atoms with Crippen molar-refractivity contribution in [3.8, 4) is 11.1 Å². The van der Waals surface area contributed by atoms with Crippen LogP contribution in [0.5, 0.6) is 0 Å². The Kier molecular flexibility index (Phi) is 3.92. The van der Waals surface area contributed by atoms with E-state index in [9.17, 15) is 0 Å². The number of hydrogen-bond acceptors (Lipinski definition) is 1. The van der Waals surface area contributed by atoms with E-state index in [1.807, 2.05) is 24.3 Å². The summed E-state index contributed by atoms with van der Waals surface area (Å²) in [6, 6.07) is 16.3. The first-order valence-corrected chi connectivity index (χ1v) is 6.79. The fourth-order valence-electron chi connectivity index (χ4n) is 1.72. The van der Waals surface area contributed by atoms with Gasteiger partial charge in [-0.2, -0.15) is 0 Å². The molecule has 2 rings (SSSR count). The molecule has 0 aliphatic heterocycles. The third-order valence-electron chi connectivity index (χ3n) is 2.61. The maximum atomic E-state index is 5.73. The molecular weight excluding hydrogens is 294 g/mol.